The zero-order valence-electron chi connectivity index (χ0n) is 22.1. The van der Waals surface area contributed by atoms with Crippen molar-refractivity contribution in [3.8, 4) is 11.4 Å². The van der Waals surface area contributed by atoms with Gasteiger partial charge < -0.3 is 15.4 Å². The Hall–Kier alpha value is -2.79. The van der Waals surface area contributed by atoms with Crippen molar-refractivity contribution in [2.75, 3.05) is 63.9 Å². The van der Waals surface area contributed by atoms with Crippen LogP contribution in [0.15, 0.2) is 41.4 Å². The molecular weight excluding hydrogens is 498 g/mol. The minimum atomic E-state index is -0.611. The van der Waals surface area contributed by atoms with Gasteiger partial charge in [-0.3, -0.25) is 19.6 Å². The van der Waals surface area contributed by atoms with Crippen LogP contribution in [0.1, 0.15) is 19.5 Å². The summed E-state index contributed by atoms with van der Waals surface area (Å²) in [6.07, 6.45) is 2.77. The number of aromatic nitrogens is 3. The molecular formula is C28H35N7O2S. The number of carbonyl (C=O) groups is 1. The molecule has 6 rings (SSSR count). The van der Waals surface area contributed by atoms with E-state index in [1.54, 1.807) is 0 Å². The van der Waals surface area contributed by atoms with E-state index in [2.05, 4.69) is 25.8 Å². The maximum Gasteiger partial charge on any atom is 0.237 e. The molecule has 10 heteroatoms. The van der Waals surface area contributed by atoms with Crippen molar-refractivity contribution in [2.45, 2.75) is 36.0 Å². The van der Waals surface area contributed by atoms with Crippen LogP contribution in [0.3, 0.4) is 0 Å². The molecule has 9 nitrogen and oxygen atoms in total. The van der Waals surface area contributed by atoms with E-state index in [1.807, 2.05) is 56.1 Å². The molecule has 38 heavy (non-hydrogen) atoms. The third kappa shape index (κ3) is 4.86. The van der Waals surface area contributed by atoms with Gasteiger partial charge in [-0.2, -0.15) is 0 Å². The second-order valence-electron chi connectivity index (χ2n) is 10.8. The van der Waals surface area contributed by atoms with Gasteiger partial charge in [-0.05, 0) is 26.0 Å². The number of rotatable bonds is 6. The van der Waals surface area contributed by atoms with Crippen molar-refractivity contribution < 1.29 is 9.53 Å². The Labute approximate surface area is 227 Å². The molecule has 0 saturated carbocycles. The van der Waals surface area contributed by atoms with Crippen LogP contribution in [0, 0.1) is 0 Å². The molecule has 1 aromatic carbocycles. The maximum atomic E-state index is 11.9. The Kier molecular flexibility index (Phi) is 6.98. The number of benzene rings is 1. The maximum absolute atomic E-state index is 11.9. The third-order valence-electron chi connectivity index (χ3n) is 8.05. The van der Waals surface area contributed by atoms with Crippen LogP contribution in [-0.4, -0.2) is 100 Å². The molecule has 2 fully saturated rings. The van der Waals surface area contributed by atoms with E-state index < -0.39 is 5.54 Å². The van der Waals surface area contributed by atoms with Crippen LogP contribution in [-0.2, 0) is 16.0 Å². The van der Waals surface area contributed by atoms with E-state index in [0.717, 1.165) is 86.0 Å². The molecule has 1 unspecified atom stereocenters. The van der Waals surface area contributed by atoms with Crippen molar-refractivity contribution in [3.63, 3.8) is 0 Å². The van der Waals surface area contributed by atoms with E-state index in [1.165, 1.54) is 4.90 Å². The van der Waals surface area contributed by atoms with Gasteiger partial charge in [-0.1, -0.05) is 18.2 Å². The highest BCUT2D eigenvalue weighted by atomic mass is 32.2. The number of pyridine rings is 1. The zero-order chi connectivity index (χ0) is 26.3. The minimum Gasteiger partial charge on any atom is -0.378 e. The third-order valence-corrected chi connectivity index (χ3v) is 9.35. The number of para-hydroxylation sites is 1. The van der Waals surface area contributed by atoms with Crippen LogP contribution >= 0.6 is 11.8 Å². The standard InChI is InChI=1S/C28H35N7O2S/c1-28(2,27(29)36)35-11-9-33(10-12-35)18-19-17-23-24(38-19)26(34-13-15-37-16-14-34)32-25(31-23)21-7-8-30-22-6-4-3-5-20(21)22/h3-8,19H,9-18H2,1-2H3,(H2,29,36). The molecule has 2 aromatic heterocycles. The van der Waals surface area contributed by atoms with Crippen molar-refractivity contribution in [2.24, 2.45) is 5.73 Å². The molecule has 0 aliphatic carbocycles. The van der Waals surface area contributed by atoms with Gasteiger partial charge in [0, 0.05) is 74.6 Å². The number of carbonyl (C=O) groups excluding carboxylic acids is 1. The van der Waals surface area contributed by atoms with Crippen LogP contribution in [0.2, 0.25) is 0 Å². The number of nitrogens with zero attached hydrogens (tertiary/aromatic N) is 6. The van der Waals surface area contributed by atoms with Gasteiger partial charge >= 0.3 is 0 Å². The summed E-state index contributed by atoms with van der Waals surface area (Å²) in [5.41, 5.74) is 8.15. The summed E-state index contributed by atoms with van der Waals surface area (Å²) >= 11 is 1.92. The number of hydrogen-bond acceptors (Lipinski definition) is 9. The number of morpholine rings is 1. The topological polar surface area (TPSA) is 101 Å². The fourth-order valence-electron chi connectivity index (χ4n) is 5.60. The number of anilines is 1. The second-order valence-corrected chi connectivity index (χ2v) is 12.1. The van der Waals surface area contributed by atoms with Crippen molar-refractivity contribution in [1.29, 1.82) is 0 Å². The summed E-state index contributed by atoms with van der Waals surface area (Å²) in [5.74, 6) is 1.54. The van der Waals surface area contributed by atoms with Crippen LogP contribution in [0.4, 0.5) is 5.82 Å². The first kappa shape index (κ1) is 25.5. The quantitative estimate of drug-likeness (QED) is 0.512. The van der Waals surface area contributed by atoms with Gasteiger partial charge in [0.15, 0.2) is 5.82 Å². The second kappa shape index (κ2) is 10.4. The monoisotopic (exact) mass is 533 g/mol. The molecule has 0 radical (unpaired) electrons. The average molecular weight is 534 g/mol. The molecule has 0 bridgehead atoms. The van der Waals surface area contributed by atoms with E-state index in [-0.39, 0.29) is 5.91 Å². The Morgan fingerprint density at radius 3 is 2.61 bits per heavy atom. The summed E-state index contributed by atoms with van der Waals surface area (Å²) in [5, 5.41) is 1.49. The summed E-state index contributed by atoms with van der Waals surface area (Å²) in [6.45, 7) is 11.5. The molecule has 1 atom stereocenters. The Bertz CT molecular complexity index is 1330. The summed E-state index contributed by atoms with van der Waals surface area (Å²) in [6, 6.07) is 10.2. The van der Waals surface area contributed by atoms with Crippen LogP contribution < -0.4 is 10.6 Å². The van der Waals surface area contributed by atoms with Gasteiger partial charge in [0.1, 0.15) is 5.82 Å². The molecule has 1 amide bonds. The highest BCUT2D eigenvalue weighted by Crippen LogP contribution is 2.43. The summed E-state index contributed by atoms with van der Waals surface area (Å²) < 4.78 is 5.64. The fourth-order valence-corrected chi connectivity index (χ4v) is 7.01. The number of amides is 1. The fraction of sp³-hybridized carbons (Fsp3) is 0.500. The number of hydrogen-bond donors (Lipinski definition) is 1. The first-order chi connectivity index (χ1) is 18.4. The lowest BCUT2D eigenvalue weighted by Crippen LogP contribution is -2.60. The largest absolute Gasteiger partial charge is 0.378 e. The van der Waals surface area contributed by atoms with E-state index in [9.17, 15) is 4.79 Å². The van der Waals surface area contributed by atoms with Gasteiger partial charge in [-0.15, -0.1) is 11.8 Å². The number of ether oxygens (including phenoxy) is 1. The van der Waals surface area contributed by atoms with E-state index in [0.29, 0.717) is 18.5 Å². The summed E-state index contributed by atoms with van der Waals surface area (Å²) in [7, 11) is 0. The lowest BCUT2D eigenvalue weighted by atomic mass is 10.0. The minimum absolute atomic E-state index is 0.264. The van der Waals surface area contributed by atoms with Gasteiger partial charge in [0.25, 0.3) is 0 Å². The molecule has 200 valence electrons. The average Bonchev–Trinajstić information content (AvgIpc) is 3.35. The number of fused-ring (bicyclic) bond motifs is 2. The van der Waals surface area contributed by atoms with Gasteiger partial charge in [0.05, 0.1) is 34.9 Å². The first-order valence-corrected chi connectivity index (χ1v) is 14.3. The van der Waals surface area contributed by atoms with E-state index in [4.69, 9.17) is 20.4 Å². The molecule has 5 heterocycles. The molecule has 2 N–H and O–H groups in total. The predicted molar refractivity (Wildman–Crippen MR) is 150 cm³/mol. The molecule has 0 spiro atoms. The molecule has 2 saturated heterocycles. The summed E-state index contributed by atoms with van der Waals surface area (Å²) in [4.78, 5) is 35.0. The lowest BCUT2D eigenvalue weighted by molar-refractivity contribution is -0.129. The molecule has 3 aliphatic rings. The normalized spacial score (nSPS) is 21.1. The Morgan fingerprint density at radius 1 is 1.08 bits per heavy atom. The van der Waals surface area contributed by atoms with E-state index >= 15 is 0 Å². The van der Waals surface area contributed by atoms with Crippen LogP contribution in [0.25, 0.3) is 22.3 Å². The molecule has 3 aliphatic heterocycles. The predicted octanol–water partition coefficient (Wildman–Crippen LogP) is 2.43. The highest BCUT2D eigenvalue weighted by molar-refractivity contribution is 8.00. The SMILES string of the molecule is CC(C)(C(N)=O)N1CCN(CC2Cc3nc(-c4ccnc5ccccc45)nc(N4CCOCC4)c3S2)CC1. The Morgan fingerprint density at radius 2 is 1.84 bits per heavy atom. The van der Waals surface area contributed by atoms with Crippen molar-refractivity contribution in [3.05, 3.63) is 42.2 Å². The van der Waals surface area contributed by atoms with Crippen molar-refractivity contribution in [1.82, 2.24) is 24.8 Å². The highest BCUT2D eigenvalue weighted by Gasteiger charge is 2.36. The van der Waals surface area contributed by atoms with Crippen LogP contribution in [0.5, 0.6) is 0 Å². The smallest absolute Gasteiger partial charge is 0.237 e. The van der Waals surface area contributed by atoms with Crippen molar-refractivity contribution >= 4 is 34.4 Å². The van der Waals surface area contributed by atoms with Gasteiger partial charge in [-0.25, -0.2) is 9.97 Å². The number of piperazine rings is 1. The number of nitrogens with two attached hydrogens (primary N) is 1. The first-order valence-electron chi connectivity index (χ1n) is 13.4. The lowest BCUT2D eigenvalue weighted by Gasteiger charge is -2.42. The van der Waals surface area contributed by atoms with Gasteiger partial charge in [0.2, 0.25) is 5.91 Å². The Balaban J connectivity index is 1.25. The zero-order valence-corrected chi connectivity index (χ0v) is 22.9. The number of thioether (sulfide) groups is 1. The number of primary amides is 1. The molecule has 3 aromatic rings.